The van der Waals surface area contributed by atoms with Crippen molar-refractivity contribution in [2.75, 3.05) is 0 Å². The van der Waals surface area contributed by atoms with Gasteiger partial charge in [0.05, 0.1) is 11.8 Å². The van der Waals surface area contributed by atoms with Gasteiger partial charge in [-0.05, 0) is 73.6 Å². The Hall–Kier alpha value is -1.84. The number of esters is 2. The van der Waals surface area contributed by atoms with E-state index in [4.69, 9.17) is 9.47 Å². The predicted octanol–water partition coefficient (Wildman–Crippen LogP) is 4.37. The van der Waals surface area contributed by atoms with Crippen LogP contribution in [0, 0.1) is 35.5 Å². The monoisotopic (exact) mass is 354 g/mol. The van der Waals surface area contributed by atoms with Crippen LogP contribution < -0.4 is 9.47 Å². The lowest BCUT2D eigenvalue weighted by Gasteiger charge is -2.07. The highest BCUT2D eigenvalue weighted by atomic mass is 16.5. The average molecular weight is 354 g/mol. The molecule has 0 bridgehead atoms. The summed E-state index contributed by atoms with van der Waals surface area (Å²) in [5.74, 6) is 3.33. The third-order valence-corrected chi connectivity index (χ3v) is 7.12. The fraction of sp³-hybridized carbons (Fsp3) is 0.636. The molecule has 4 saturated carbocycles. The van der Waals surface area contributed by atoms with E-state index < -0.39 is 0 Å². The van der Waals surface area contributed by atoms with Crippen molar-refractivity contribution in [2.45, 2.75) is 51.4 Å². The second-order valence-corrected chi connectivity index (χ2v) is 8.59. The Kier molecular flexibility index (Phi) is 4.02. The van der Waals surface area contributed by atoms with Crippen molar-refractivity contribution in [1.82, 2.24) is 0 Å². The molecule has 0 aliphatic heterocycles. The first kappa shape index (κ1) is 16.3. The van der Waals surface area contributed by atoms with Crippen LogP contribution in [0.1, 0.15) is 51.4 Å². The van der Waals surface area contributed by atoms with E-state index in [1.165, 1.54) is 51.4 Å². The fourth-order valence-electron chi connectivity index (χ4n) is 5.63. The minimum atomic E-state index is -0.0892. The van der Waals surface area contributed by atoms with Gasteiger partial charge >= 0.3 is 11.9 Å². The van der Waals surface area contributed by atoms with E-state index >= 15 is 0 Å². The molecular weight excluding hydrogens is 328 g/mol. The maximum Gasteiger partial charge on any atom is 0.314 e. The molecule has 1 aromatic rings. The Morgan fingerprint density at radius 2 is 0.923 bits per heavy atom. The molecule has 4 aliphatic rings. The second-order valence-electron chi connectivity index (χ2n) is 8.59. The molecular formula is C22H26O4. The highest BCUT2D eigenvalue weighted by molar-refractivity contribution is 5.80. The van der Waals surface area contributed by atoms with Crippen molar-refractivity contribution in [2.24, 2.45) is 35.5 Å². The van der Waals surface area contributed by atoms with E-state index in [-0.39, 0.29) is 23.8 Å². The Morgan fingerprint density at radius 1 is 0.615 bits per heavy atom. The van der Waals surface area contributed by atoms with E-state index in [9.17, 15) is 9.59 Å². The number of hydrogen-bond donors (Lipinski definition) is 0. The van der Waals surface area contributed by atoms with Crippen LogP contribution in [-0.4, -0.2) is 11.9 Å². The zero-order valence-corrected chi connectivity index (χ0v) is 15.1. The van der Waals surface area contributed by atoms with Crippen LogP contribution in [0.2, 0.25) is 0 Å². The number of hydrogen-bond acceptors (Lipinski definition) is 4. The number of rotatable bonds is 4. The molecule has 4 aliphatic carbocycles. The third-order valence-electron chi connectivity index (χ3n) is 7.12. The normalized spacial score (nSPS) is 37.1. The summed E-state index contributed by atoms with van der Waals surface area (Å²) in [7, 11) is 0. The topological polar surface area (TPSA) is 52.6 Å². The summed E-state index contributed by atoms with van der Waals surface area (Å²) in [4.78, 5) is 24.7. The minimum Gasteiger partial charge on any atom is -0.426 e. The molecule has 4 heteroatoms. The first-order valence-corrected chi connectivity index (χ1v) is 10.3. The SMILES string of the molecule is O=C(Oc1ccc(OC(=O)C2[C@@H]3CCCC[C@@H]23)cc1)C1[C@@H]2CCCC[C@@H]12. The van der Waals surface area contributed by atoms with Gasteiger partial charge in [-0.3, -0.25) is 9.59 Å². The lowest BCUT2D eigenvalue weighted by molar-refractivity contribution is -0.137. The van der Waals surface area contributed by atoms with Crippen molar-refractivity contribution in [3.05, 3.63) is 24.3 Å². The van der Waals surface area contributed by atoms with Crippen molar-refractivity contribution in [1.29, 1.82) is 0 Å². The molecule has 0 saturated heterocycles. The standard InChI is InChI=1S/C22H26O4/c23-21(19-15-5-1-2-6-16(15)19)25-13-9-11-14(12-10-13)26-22(24)20-17-7-3-4-8-18(17)20/h9-12,15-20H,1-8H2/t15-,16-,17-,18-/m1/s1. The second kappa shape index (κ2) is 6.40. The average Bonchev–Trinajstić information content (AvgIpc) is 3.55. The van der Waals surface area contributed by atoms with E-state index in [0.717, 1.165) is 0 Å². The van der Waals surface area contributed by atoms with Crippen LogP contribution in [0.3, 0.4) is 0 Å². The Labute approximate surface area is 154 Å². The highest BCUT2D eigenvalue weighted by Gasteiger charge is 2.56. The van der Waals surface area contributed by atoms with Gasteiger partial charge in [-0.1, -0.05) is 25.7 Å². The number of ether oxygens (including phenoxy) is 2. The van der Waals surface area contributed by atoms with Crippen LogP contribution >= 0.6 is 0 Å². The molecule has 0 radical (unpaired) electrons. The van der Waals surface area contributed by atoms with Gasteiger partial charge in [0.15, 0.2) is 0 Å². The fourth-order valence-corrected chi connectivity index (χ4v) is 5.63. The maximum absolute atomic E-state index is 12.3. The molecule has 138 valence electrons. The summed E-state index contributed by atoms with van der Waals surface area (Å²) in [6.07, 6.45) is 9.65. The number of carbonyl (C=O) groups is 2. The van der Waals surface area contributed by atoms with Gasteiger partial charge in [0.1, 0.15) is 11.5 Å². The highest BCUT2D eigenvalue weighted by Crippen LogP contribution is 2.56. The summed E-state index contributed by atoms with van der Waals surface area (Å²) < 4.78 is 11.1. The van der Waals surface area contributed by atoms with Crippen LogP contribution in [0.15, 0.2) is 24.3 Å². The van der Waals surface area contributed by atoms with Gasteiger partial charge < -0.3 is 9.47 Å². The summed E-state index contributed by atoms with van der Waals surface area (Å²) >= 11 is 0. The molecule has 4 fully saturated rings. The largest absolute Gasteiger partial charge is 0.426 e. The molecule has 4 nitrogen and oxygen atoms in total. The first-order chi connectivity index (χ1) is 12.7. The van der Waals surface area contributed by atoms with Crippen LogP contribution in [0.4, 0.5) is 0 Å². The third kappa shape index (κ3) is 2.93. The van der Waals surface area contributed by atoms with E-state index in [2.05, 4.69) is 0 Å². The smallest absolute Gasteiger partial charge is 0.314 e. The van der Waals surface area contributed by atoms with E-state index in [0.29, 0.717) is 35.2 Å². The molecule has 5 rings (SSSR count). The van der Waals surface area contributed by atoms with Crippen LogP contribution in [0.5, 0.6) is 11.5 Å². The first-order valence-electron chi connectivity index (χ1n) is 10.3. The molecule has 26 heavy (non-hydrogen) atoms. The molecule has 0 N–H and O–H groups in total. The number of benzene rings is 1. The zero-order chi connectivity index (χ0) is 17.7. The lowest BCUT2D eigenvalue weighted by atomic mass is 10.0. The lowest BCUT2D eigenvalue weighted by Crippen LogP contribution is -2.13. The van der Waals surface area contributed by atoms with Crippen molar-refractivity contribution in [3.63, 3.8) is 0 Å². The maximum atomic E-state index is 12.3. The van der Waals surface area contributed by atoms with Crippen molar-refractivity contribution < 1.29 is 19.1 Å². The molecule has 0 unspecified atom stereocenters. The molecule has 4 atom stereocenters. The predicted molar refractivity (Wildman–Crippen MR) is 95.6 cm³/mol. The molecule has 0 aromatic heterocycles. The molecule has 0 heterocycles. The van der Waals surface area contributed by atoms with Gasteiger partial charge in [-0.25, -0.2) is 0 Å². The van der Waals surface area contributed by atoms with Gasteiger partial charge in [-0.15, -0.1) is 0 Å². The van der Waals surface area contributed by atoms with Crippen molar-refractivity contribution >= 4 is 11.9 Å². The molecule has 0 spiro atoms. The quantitative estimate of drug-likeness (QED) is 0.595. The summed E-state index contributed by atoms with van der Waals surface area (Å²) in [6.45, 7) is 0. The zero-order valence-electron chi connectivity index (χ0n) is 15.1. The summed E-state index contributed by atoms with van der Waals surface area (Å²) in [6, 6.07) is 6.91. The van der Waals surface area contributed by atoms with E-state index in [1.54, 1.807) is 24.3 Å². The van der Waals surface area contributed by atoms with Gasteiger partial charge in [0.2, 0.25) is 0 Å². The van der Waals surface area contributed by atoms with Crippen molar-refractivity contribution in [3.8, 4) is 11.5 Å². The number of carbonyl (C=O) groups excluding carboxylic acids is 2. The summed E-state index contributed by atoms with van der Waals surface area (Å²) in [5.41, 5.74) is 0. The Bertz CT molecular complexity index is 624. The molecule has 1 aromatic carbocycles. The van der Waals surface area contributed by atoms with E-state index in [1.807, 2.05) is 0 Å². The Morgan fingerprint density at radius 3 is 1.23 bits per heavy atom. The van der Waals surface area contributed by atoms with Crippen LogP contribution in [-0.2, 0) is 9.59 Å². The van der Waals surface area contributed by atoms with Gasteiger partial charge in [0, 0.05) is 0 Å². The van der Waals surface area contributed by atoms with Gasteiger partial charge in [-0.2, -0.15) is 0 Å². The van der Waals surface area contributed by atoms with Gasteiger partial charge in [0.25, 0.3) is 0 Å². The molecule has 0 amide bonds. The number of fused-ring (bicyclic) bond motifs is 2. The minimum absolute atomic E-state index is 0.0892. The van der Waals surface area contributed by atoms with Crippen LogP contribution in [0.25, 0.3) is 0 Å². The summed E-state index contributed by atoms with van der Waals surface area (Å²) in [5, 5.41) is 0. The Balaban J connectivity index is 1.15.